The normalized spacial score (nSPS) is 17.2. The lowest BCUT2D eigenvalue weighted by Gasteiger charge is -2.38. The number of carbonyl (C=O) groups is 1. The fourth-order valence-electron chi connectivity index (χ4n) is 3.15. The van der Waals surface area contributed by atoms with Crippen LogP contribution in [0, 0.1) is 5.41 Å². The van der Waals surface area contributed by atoms with Crippen LogP contribution in [0.5, 0.6) is 5.75 Å². The zero-order chi connectivity index (χ0) is 18.5. The number of nitrogens with zero attached hydrogens (tertiary/aromatic N) is 1. The van der Waals surface area contributed by atoms with Gasteiger partial charge >= 0.3 is 6.36 Å². The third-order valence-electron chi connectivity index (χ3n) is 4.36. The van der Waals surface area contributed by atoms with E-state index in [0.717, 1.165) is 18.7 Å². The summed E-state index contributed by atoms with van der Waals surface area (Å²) in [5.41, 5.74) is 0.181. The highest BCUT2D eigenvalue weighted by Gasteiger charge is 2.41. The van der Waals surface area contributed by atoms with Gasteiger partial charge in [-0.3, -0.25) is 4.79 Å². The predicted octanol–water partition coefficient (Wildman–Crippen LogP) is 2.56. The van der Waals surface area contributed by atoms with Gasteiger partial charge in [-0.2, -0.15) is 0 Å². The number of ether oxygens (including phenoxy) is 2. The molecule has 25 heavy (non-hydrogen) atoms. The lowest BCUT2D eigenvalue weighted by molar-refractivity contribution is -0.274. The van der Waals surface area contributed by atoms with Crippen molar-refractivity contribution in [2.45, 2.75) is 25.7 Å². The van der Waals surface area contributed by atoms with Gasteiger partial charge in [0.05, 0.1) is 12.0 Å². The number of carbonyl (C=O) groups excluding carboxylic acids is 1. The lowest BCUT2D eigenvalue weighted by atomic mass is 9.78. The van der Waals surface area contributed by atoms with Crippen molar-refractivity contribution in [3.8, 4) is 5.75 Å². The second-order valence-electron chi connectivity index (χ2n) is 6.32. The van der Waals surface area contributed by atoms with Crippen LogP contribution < -0.4 is 10.1 Å². The average Bonchev–Trinajstić information content (AvgIpc) is 2.55. The molecule has 0 unspecified atom stereocenters. The van der Waals surface area contributed by atoms with E-state index < -0.39 is 11.8 Å². The summed E-state index contributed by atoms with van der Waals surface area (Å²) in [7, 11) is 3.28. The van der Waals surface area contributed by atoms with Crippen LogP contribution in [0.1, 0.15) is 18.4 Å². The van der Waals surface area contributed by atoms with E-state index in [1.807, 2.05) is 0 Å². The highest BCUT2D eigenvalue weighted by molar-refractivity contribution is 5.83. The SMILES string of the molecule is COCC1(C(=O)N(C)Cc2ccc(OC(F)(F)F)cc2)CCNCC1. The molecular formula is C17H23F3N2O3. The quantitative estimate of drug-likeness (QED) is 0.847. The number of hydrogen-bond donors (Lipinski definition) is 1. The molecule has 8 heteroatoms. The van der Waals surface area contributed by atoms with E-state index in [-0.39, 0.29) is 11.7 Å². The molecule has 1 N–H and O–H groups in total. The highest BCUT2D eigenvalue weighted by Crippen LogP contribution is 2.32. The van der Waals surface area contributed by atoms with Gasteiger partial charge < -0.3 is 19.7 Å². The summed E-state index contributed by atoms with van der Waals surface area (Å²) in [5, 5.41) is 3.23. The molecule has 1 fully saturated rings. The Hall–Kier alpha value is -1.80. The topological polar surface area (TPSA) is 50.8 Å². The zero-order valence-corrected chi connectivity index (χ0v) is 14.4. The maximum absolute atomic E-state index is 12.9. The van der Waals surface area contributed by atoms with Crippen molar-refractivity contribution in [2.75, 3.05) is 33.9 Å². The molecule has 1 aliphatic heterocycles. The van der Waals surface area contributed by atoms with Crippen LogP contribution in [0.3, 0.4) is 0 Å². The summed E-state index contributed by atoms with van der Waals surface area (Å²) < 4.78 is 45.7. The van der Waals surface area contributed by atoms with Gasteiger partial charge in [-0.25, -0.2) is 0 Å². The Morgan fingerprint density at radius 2 is 1.84 bits per heavy atom. The molecule has 0 atom stereocenters. The predicted molar refractivity (Wildman–Crippen MR) is 86.0 cm³/mol. The fraction of sp³-hybridized carbons (Fsp3) is 0.588. The Morgan fingerprint density at radius 3 is 2.36 bits per heavy atom. The summed E-state index contributed by atoms with van der Waals surface area (Å²) >= 11 is 0. The molecule has 5 nitrogen and oxygen atoms in total. The third-order valence-corrected chi connectivity index (χ3v) is 4.36. The Balaban J connectivity index is 2.02. The first-order valence-electron chi connectivity index (χ1n) is 8.06. The summed E-state index contributed by atoms with van der Waals surface area (Å²) in [6.45, 7) is 2.18. The van der Waals surface area contributed by atoms with Crippen molar-refractivity contribution < 1.29 is 27.4 Å². The van der Waals surface area contributed by atoms with Crippen molar-refractivity contribution in [3.63, 3.8) is 0 Å². The number of halogens is 3. The van der Waals surface area contributed by atoms with Gasteiger partial charge in [0.2, 0.25) is 5.91 Å². The van der Waals surface area contributed by atoms with Crippen LogP contribution in [0.2, 0.25) is 0 Å². The smallest absolute Gasteiger partial charge is 0.406 e. The molecule has 1 aliphatic rings. The molecule has 0 spiro atoms. The number of alkyl halides is 3. The molecule has 0 bridgehead atoms. The van der Waals surface area contributed by atoms with Gasteiger partial charge in [0.25, 0.3) is 0 Å². The van der Waals surface area contributed by atoms with Crippen LogP contribution in [-0.4, -0.2) is 51.0 Å². The van der Waals surface area contributed by atoms with Crippen LogP contribution in [0.4, 0.5) is 13.2 Å². The molecule has 1 amide bonds. The second kappa shape index (κ2) is 8.05. The third kappa shape index (κ3) is 5.34. The number of piperidine rings is 1. The molecule has 0 radical (unpaired) electrons. The van der Waals surface area contributed by atoms with Crippen molar-refractivity contribution in [2.24, 2.45) is 5.41 Å². The highest BCUT2D eigenvalue weighted by atomic mass is 19.4. The minimum Gasteiger partial charge on any atom is -0.406 e. The summed E-state index contributed by atoms with van der Waals surface area (Å²) in [4.78, 5) is 14.5. The van der Waals surface area contributed by atoms with Crippen molar-refractivity contribution in [3.05, 3.63) is 29.8 Å². The van der Waals surface area contributed by atoms with Gasteiger partial charge in [-0.15, -0.1) is 13.2 Å². The number of nitrogens with one attached hydrogen (secondary N) is 1. The molecule has 1 heterocycles. The monoisotopic (exact) mass is 360 g/mol. The Labute approximate surface area is 145 Å². The number of methoxy groups -OCH3 is 1. The molecule has 1 saturated heterocycles. The van der Waals surface area contributed by atoms with E-state index in [9.17, 15) is 18.0 Å². The summed E-state index contributed by atoms with van der Waals surface area (Å²) in [5.74, 6) is -0.286. The van der Waals surface area contributed by atoms with Crippen molar-refractivity contribution in [1.82, 2.24) is 10.2 Å². The average molecular weight is 360 g/mol. The molecule has 0 saturated carbocycles. The minimum atomic E-state index is -4.71. The van der Waals surface area contributed by atoms with E-state index in [0.29, 0.717) is 26.0 Å². The first kappa shape index (κ1) is 19.5. The number of benzene rings is 1. The van der Waals surface area contributed by atoms with Crippen LogP contribution >= 0.6 is 0 Å². The maximum atomic E-state index is 12.9. The Bertz CT molecular complexity index is 564. The maximum Gasteiger partial charge on any atom is 0.573 e. The standard InChI is InChI=1S/C17H23F3N2O3/c1-22(15(23)16(12-24-2)7-9-21-10-8-16)11-13-3-5-14(6-4-13)25-17(18,19)20/h3-6,21H,7-12H2,1-2H3. The summed E-state index contributed by atoms with van der Waals surface area (Å²) in [6.07, 6.45) is -3.32. The minimum absolute atomic E-state index is 0.00790. The molecular weight excluding hydrogens is 337 g/mol. The molecule has 1 aromatic rings. The number of rotatable bonds is 6. The van der Waals surface area contributed by atoms with E-state index in [1.54, 1.807) is 19.1 Å². The van der Waals surface area contributed by atoms with Crippen LogP contribution in [0.15, 0.2) is 24.3 Å². The van der Waals surface area contributed by atoms with Crippen LogP contribution in [0.25, 0.3) is 0 Å². The van der Waals surface area contributed by atoms with E-state index in [4.69, 9.17) is 4.74 Å². The van der Waals surface area contributed by atoms with Gasteiger partial charge in [0.1, 0.15) is 5.75 Å². The molecule has 1 aromatic carbocycles. The molecule has 2 rings (SSSR count). The van der Waals surface area contributed by atoms with E-state index in [1.165, 1.54) is 24.3 Å². The lowest BCUT2D eigenvalue weighted by Crippen LogP contribution is -2.50. The zero-order valence-electron chi connectivity index (χ0n) is 14.4. The first-order chi connectivity index (χ1) is 11.8. The van der Waals surface area contributed by atoms with Gasteiger partial charge in [0, 0.05) is 20.7 Å². The van der Waals surface area contributed by atoms with Gasteiger partial charge in [0.15, 0.2) is 0 Å². The molecule has 140 valence electrons. The largest absolute Gasteiger partial charge is 0.573 e. The molecule has 0 aromatic heterocycles. The van der Waals surface area contributed by atoms with Crippen molar-refractivity contribution in [1.29, 1.82) is 0 Å². The fourth-order valence-corrected chi connectivity index (χ4v) is 3.15. The van der Waals surface area contributed by atoms with Gasteiger partial charge in [-0.1, -0.05) is 12.1 Å². The van der Waals surface area contributed by atoms with Gasteiger partial charge in [-0.05, 0) is 43.6 Å². The molecule has 0 aliphatic carbocycles. The van der Waals surface area contributed by atoms with E-state index >= 15 is 0 Å². The Kier molecular flexibility index (Phi) is 6.29. The van der Waals surface area contributed by atoms with E-state index in [2.05, 4.69) is 10.1 Å². The number of hydrogen-bond acceptors (Lipinski definition) is 4. The Morgan fingerprint density at radius 1 is 1.24 bits per heavy atom. The van der Waals surface area contributed by atoms with Crippen LogP contribution in [-0.2, 0) is 16.1 Å². The first-order valence-corrected chi connectivity index (χ1v) is 8.06. The number of amides is 1. The second-order valence-corrected chi connectivity index (χ2v) is 6.32. The summed E-state index contributed by atoms with van der Waals surface area (Å²) in [6, 6.07) is 5.54. The van der Waals surface area contributed by atoms with Crippen molar-refractivity contribution >= 4 is 5.91 Å².